The Morgan fingerprint density at radius 3 is 2.65 bits per heavy atom. The highest BCUT2D eigenvalue weighted by molar-refractivity contribution is 9.10. The van der Waals surface area contributed by atoms with Gasteiger partial charge in [-0.15, -0.1) is 0 Å². The van der Waals surface area contributed by atoms with Crippen LogP contribution >= 0.6 is 27.5 Å². The number of nitrogen functional groups attached to an aromatic ring is 1. The average Bonchev–Trinajstić information content (AvgIpc) is 2.43. The first-order chi connectivity index (χ1) is 9.45. The van der Waals surface area contributed by atoms with Gasteiger partial charge in [-0.1, -0.05) is 39.7 Å². The largest absolute Gasteiger partial charge is 0.465 e. The number of anilines is 1. The number of rotatable bonds is 2. The Balaban J connectivity index is 2.72. The number of hydrogen-bond acceptors (Lipinski definition) is 3. The van der Waals surface area contributed by atoms with E-state index < -0.39 is 5.97 Å². The molecule has 3 nitrogen and oxygen atoms in total. The second kappa shape index (κ2) is 5.85. The lowest BCUT2D eigenvalue weighted by Crippen LogP contribution is -2.07. The molecule has 0 aliphatic rings. The molecule has 0 atom stereocenters. The lowest BCUT2D eigenvalue weighted by atomic mass is 9.96. The number of carbonyl (C=O) groups excluding carboxylic acids is 1. The second-order valence-corrected chi connectivity index (χ2v) is 5.64. The summed E-state index contributed by atoms with van der Waals surface area (Å²) in [4.78, 5) is 11.8. The Labute approximate surface area is 130 Å². The number of benzene rings is 2. The first-order valence-corrected chi connectivity index (χ1v) is 7.05. The molecule has 2 rings (SSSR count). The predicted molar refractivity (Wildman–Crippen MR) is 85.1 cm³/mol. The van der Waals surface area contributed by atoms with Crippen LogP contribution in [-0.2, 0) is 4.74 Å². The molecule has 20 heavy (non-hydrogen) atoms. The maximum absolute atomic E-state index is 11.8. The van der Waals surface area contributed by atoms with Crippen LogP contribution in [-0.4, -0.2) is 13.1 Å². The van der Waals surface area contributed by atoms with Crippen molar-refractivity contribution in [2.24, 2.45) is 0 Å². The highest BCUT2D eigenvalue weighted by Gasteiger charge is 2.17. The van der Waals surface area contributed by atoms with E-state index in [1.807, 2.05) is 31.2 Å². The molecule has 0 aliphatic heterocycles. The zero-order valence-electron chi connectivity index (χ0n) is 11.0. The molecule has 0 amide bonds. The fraction of sp³-hybridized carbons (Fsp3) is 0.133. The van der Waals surface area contributed by atoms with E-state index in [1.165, 1.54) is 7.11 Å². The van der Waals surface area contributed by atoms with Crippen LogP contribution in [0.5, 0.6) is 0 Å². The summed E-state index contributed by atoms with van der Waals surface area (Å²) in [5.74, 6) is -0.468. The fourth-order valence-electron chi connectivity index (χ4n) is 2.02. The minimum Gasteiger partial charge on any atom is -0.465 e. The monoisotopic (exact) mass is 353 g/mol. The molecule has 2 N–H and O–H groups in total. The summed E-state index contributed by atoms with van der Waals surface area (Å²) in [6.07, 6.45) is 0. The van der Waals surface area contributed by atoms with Crippen LogP contribution in [0.2, 0.25) is 5.02 Å². The Bertz CT molecular complexity index is 686. The molecule has 0 saturated heterocycles. The van der Waals surface area contributed by atoms with Gasteiger partial charge in [-0.2, -0.15) is 0 Å². The third-order valence-corrected chi connectivity index (χ3v) is 3.98. The summed E-state index contributed by atoms with van der Waals surface area (Å²) in [6.45, 7) is 1.91. The minimum atomic E-state index is -0.468. The maximum atomic E-state index is 11.8. The van der Waals surface area contributed by atoms with Crippen molar-refractivity contribution in [3.05, 3.63) is 51.0 Å². The number of ether oxygens (including phenoxy) is 1. The van der Waals surface area contributed by atoms with Crippen molar-refractivity contribution < 1.29 is 9.53 Å². The third kappa shape index (κ3) is 2.67. The van der Waals surface area contributed by atoms with Crippen molar-refractivity contribution in [1.82, 2.24) is 0 Å². The second-order valence-electron chi connectivity index (χ2n) is 4.32. The van der Waals surface area contributed by atoms with Gasteiger partial charge in [0.2, 0.25) is 0 Å². The van der Waals surface area contributed by atoms with Crippen molar-refractivity contribution in [3.63, 3.8) is 0 Å². The fourth-order valence-corrected chi connectivity index (χ4v) is 2.65. The van der Waals surface area contributed by atoms with Crippen molar-refractivity contribution in [1.29, 1.82) is 0 Å². The number of carbonyl (C=O) groups is 1. The van der Waals surface area contributed by atoms with Crippen LogP contribution < -0.4 is 5.73 Å². The molecule has 2 aromatic carbocycles. The summed E-state index contributed by atoms with van der Waals surface area (Å²) in [7, 11) is 1.33. The summed E-state index contributed by atoms with van der Waals surface area (Å²) in [5, 5.41) is 0.654. The highest BCUT2D eigenvalue weighted by atomic mass is 79.9. The molecular weight excluding hydrogens is 342 g/mol. The van der Waals surface area contributed by atoms with Crippen LogP contribution in [0.1, 0.15) is 15.9 Å². The van der Waals surface area contributed by atoms with Gasteiger partial charge in [0.05, 0.1) is 18.4 Å². The molecule has 0 unspecified atom stereocenters. The molecule has 0 heterocycles. The smallest absolute Gasteiger partial charge is 0.340 e. The Morgan fingerprint density at radius 2 is 2.00 bits per heavy atom. The van der Waals surface area contributed by atoms with Gasteiger partial charge in [0.25, 0.3) is 0 Å². The van der Waals surface area contributed by atoms with Gasteiger partial charge in [0, 0.05) is 15.1 Å². The lowest BCUT2D eigenvalue weighted by molar-refractivity contribution is 0.0602. The normalized spacial score (nSPS) is 10.4. The van der Waals surface area contributed by atoms with E-state index in [1.54, 1.807) is 6.07 Å². The van der Waals surface area contributed by atoms with Crippen molar-refractivity contribution in [3.8, 4) is 11.1 Å². The SMILES string of the molecule is COC(=O)c1cc(Br)cc(-c2cccc(Cl)c2C)c1N. The third-order valence-electron chi connectivity index (χ3n) is 3.11. The van der Waals surface area contributed by atoms with Crippen LogP contribution in [0.3, 0.4) is 0 Å². The van der Waals surface area contributed by atoms with Gasteiger partial charge < -0.3 is 10.5 Å². The predicted octanol–water partition coefficient (Wildman–Crippen LogP) is 4.45. The number of nitrogens with two attached hydrogens (primary N) is 1. The summed E-state index contributed by atoms with van der Waals surface area (Å²) in [5.41, 5.74) is 9.38. The Morgan fingerprint density at radius 1 is 1.30 bits per heavy atom. The van der Waals surface area contributed by atoms with Gasteiger partial charge in [0.1, 0.15) is 0 Å². The Kier molecular flexibility index (Phi) is 4.35. The molecule has 2 aromatic rings. The topological polar surface area (TPSA) is 52.3 Å². The van der Waals surface area contributed by atoms with E-state index in [0.717, 1.165) is 21.2 Å². The molecule has 0 aliphatic carbocycles. The standard InChI is InChI=1S/C15H13BrClNO2/c1-8-10(4-3-5-13(8)17)11-6-9(16)7-12(14(11)18)15(19)20-2/h3-7H,18H2,1-2H3. The summed E-state index contributed by atoms with van der Waals surface area (Å²) in [6, 6.07) is 9.09. The molecular formula is C15H13BrClNO2. The number of methoxy groups -OCH3 is 1. The van der Waals surface area contributed by atoms with E-state index in [0.29, 0.717) is 16.3 Å². The maximum Gasteiger partial charge on any atom is 0.340 e. The number of hydrogen-bond donors (Lipinski definition) is 1. The molecule has 0 fully saturated rings. The van der Waals surface area contributed by atoms with E-state index in [2.05, 4.69) is 15.9 Å². The van der Waals surface area contributed by atoms with Crippen LogP contribution in [0.25, 0.3) is 11.1 Å². The van der Waals surface area contributed by atoms with E-state index in [-0.39, 0.29) is 0 Å². The van der Waals surface area contributed by atoms with Gasteiger partial charge in [-0.25, -0.2) is 4.79 Å². The molecule has 0 bridgehead atoms. The highest BCUT2D eigenvalue weighted by Crippen LogP contribution is 2.36. The lowest BCUT2D eigenvalue weighted by Gasteiger charge is -2.14. The van der Waals surface area contributed by atoms with Crippen LogP contribution in [0.4, 0.5) is 5.69 Å². The summed E-state index contributed by atoms with van der Waals surface area (Å²) < 4.78 is 5.50. The number of esters is 1. The molecule has 0 aromatic heterocycles. The van der Waals surface area contributed by atoms with Crippen molar-refractivity contribution in [2.75, 3.05) is 12.8 Å². The molecule has 0 spiro atoms. The first kappa shape index (κ1) is 14.9. The van der Waals surface area contributed by atoms with E-state index in [4.69, 9.17) is 22.1 Å². The van der Waals surface area contributed by atoms with Crippen LogP contribution in [0, 0.1) is 6.92 Å². The number of halogens is 2. The Hall–Kier alpha value is -1.52. The molecule has 0 radical (unpaired) electrons. The van der Waals surface area contributed by atoms with Crippen molar-refractivity contribution >= 4 is 39.2 Å². The quantitative estimate of drug-likeness (QED) is 0.640. The molecule has 0 saturated carbocycles. The summed E-state index contributed by atoms with van der Waals surface area (Å²) >= 11 is 9.53. The van der Waals surface area contributed by atoms with E-state index in [9.17, 15) is 4.79 Å². The van der Waals surface area contributed by atoms with Gasteiger partial charge in [0.15, 0.2) is 0 Å². The molecule has 104 valence electrons. The van der Waals surface area contributed by atoms with E-state index >= 15 is 0 Å². The minimum absolute atomic E-state index is 0.330. The van der Waals surface area contributed by atoms with Crippen LogP contribution in [0.15, 0.2) is 34.8 Å². The van der Waals surface area contributed by atoms with Gasteiger partial charge in [-0.05, 0) is 36.2 Å². The van der Waals surface area contributed by atoms with Gasteiger partial charge in [-0.3, -0.25) is 0 Å². The zero-order chi connectivity index (χ0) is 14.9. The average molecular weight is 355 g/mol. The van der Waals surface area contributed by atoms with Crippen molar-refractivity contribution in [2.45, 2.75) is 6.92 Å². The first-order valence-electron chi connectivity index (χ1n) is 5.88. The van der Waals surface area contributed by atoms with Gasteiger partial charge >= 0.3 is 5.97 Å². The molecule has 5 heteroatoms. The zero-order valence-corrected chi connectivity index (χ0v) is 13.4.